The third kappa shape index (κ3) is 2.31. The van der Waals surface area contributed by atoms with Crippen LogP contribution in [0.15, 0.2) is 83.6 Å². The number of nitrogens with zero attached hydrogens (tertiary/aromatic N) is 2. The van der Waals surface area contributed by atoms with Crippen LogP contribution in [0.3, 0.4) is 0 Å². The summed E-state index contributed by atoms with van der Waals surface area (Å²) in [6.07, 6.45) is 1.61. The monoisotopic (exact) mass is 379 g/mol. The number of carbonyl (C=O) groups is 2. The number of nitriles is 1. The number of carbonyl (C=O) groups excluding carboxylic acids is 2. The Balaban J connectivity index is 1.83. The van der Waals surface area contributed by atoms with Crippen LogP contribution in [0.4, 0.5) is 0 Å². The number of fused-ring (bicyclic) bond motifs is 2. The van der Waals surface area contributed by atoms with E-state index in [1.54, 1.807) is 36.5 Å². The lowest BCUT2D eigenvalue weighted by atomic mass is 9.75. The molecule has 0 bridgehead atoms. The van der Waals surface area contributed by atoms with Gasteiger partial charge in [-0.2, -0.15) is 5.26 Å². The van der Waals surface area contributed by atoms with E-state index in [4.69, 9.17) is 10.5 Å². The van der Waals surface area contributed by atoms with Crippen molar-refractivity contribution >= 4 is 22.5 Å². The highest BCUT2D eigenvalue weighted by Crippen LogP contribution is 2.45. The summed E-state index contributed by atoms with van der Waals surface area (Å²) in [6.45, 7) is 0. The van der Waals surface area contributed by atoms with E-state index in [0.29, 0.717) is 16.6 Å². The standard InChI is InChI=1S/C23H13N3O3/c24-11-16-18(13-9-10-26-17-8-4-3-5-12(13)17)19-20(27)14-6-1-2-7-15(14)21(28)22(19)29-23(16)25/h1-10,18H,25H2. The van der Waals surface area contributed by atoms with Crippen LogP contribution in [0.2, 0.25) is 0 Å². The first-order valence-electron chi connectivity index (χ1n) is 8.95. The summed E-state index contributed by atoms with van der Waals surface area (Å²) in [5, 5.41) is 10.6. The SMILES string of the molecule is N#CC1=C(N)OC2=C(C(=O)c3ccccc3C2=O)C1c1ccnc2ccccc12. The summed E-state index contributed by atoms with van der Waals surface area (Å²) in [5.41, 5.74) is 8.19. The smallest absolute Gasteiger partial charge is 0.229 e. The summed E-state index contributed by atoms with van der Waals surface area (Å²) >= 11 is 0. The van der Waals surface area contributed by atoms with Gasteiger partial charge < -0.3 is 10.5 Å². The molecule has 138 valence electrons. The fourth-order valence-electron chi connectivity index (χ4n) is 3.99. The van der Waals surface area contributed by atoms with E-state index < -0.39 is 11.7 Å². The maximum absolute atomic E-state index is 13.4. The maximum atomic E-state index is 13.4. The number of benzene rings is 2. The Morgan fingerprint density at radius 2 is 1.66 bits per heavy atom. The molecule has 1 aliphatic heterocycles. The van der Waals surface area contributed by atoms with Crippen molar-refractivity contribution in [1.82, 2.24) is 4.98 Å². The second-order valence-corrected chi connectivity index (χ2v) is 6.79. The zero-order chi connectivity index (χ0) is 20.1. The third-order valence-corrected chi connectivity index (χ3v) is 5.28. The Morgan fingerprint density at radius 3 is 2.41 bits per heavy atom. The van der Waals surface area contributed by atoms with Crippen LogP contribution in [0, 0.1) is 11.3 Å². The van der Waals surface area contributed by atoms with Gasteiger partial charge in [0.2, 0.25) is 11.7 Å². The van der Waals surface area contributed by atoms with E-state index in [-0.39, 0.29) is 34.1 Å². The quantitative estimate of drug-likeness (QED) is 0.695. The van der Waals surface area contributed by atoms with Gasteiger partial charge in [0.1, 0.15) is 11.6 Å². The van der Waals surface area contributed by atoms with Crippen LogP contribution in [0.1, 0.15) is 32.2 Å². The molecular weight excluding hydrogens is 366 g/mol. The highest BCUT2D eigenvalue weighted by atomic mass is 16.5. The molecule has 0 radical (unpaired) electrons. The van der Waals surface area contributed by atoms with Crippen molar-refractivity contribution in [1.29, 1.82) is 5.26 Å². The minimum absolute atomic E-state index is 0.0978. The van der Waals surface area contributed by atoms with Gasteiger partial charge >= 0.3 is 0 Å². The Hall–Kier alpha value is -4.24. The summed E-state index contributed by atoms with van der Waals surface area (Å²) in [6, 6.07) is 17.8. The van der Waals surface area contributed by atoms with Crippen LogP contribution in [0.25, 0.3) is 10.9 Å². The van der Waals surface area contributed by atoms with Gasteiger partial charge in [-0.1, -0.05) is 42.5 Å². The summed E-state index contributed by atoms with van der Waals surface area (Å²) in [4.78, 5) is 30.8. The average Bonchev–Trinajstić information content (AvgIpc) is 2.76. The fourth-order valence-corrected chi connectivity index (χ4v) is 3.99. The molecule has 5 rings (SSSR count). The van der Waals surface area contributed by atoms with Crippen LogP contribution < -0.4 is 5.73 Å². The molecule has 1 atom stereocenters. The number of hydrogen-bond acceptors (Lipinski definition) is 6. The molecule has 1 aromatic heterocycles. The van der Waals surface area contributed by atoms with Gasteiger partial charge in [-0.3, -0.25) is 14.6 Å². The highest BCUT2D eigenvalue weighted by Gasteiger charge is 2.44. The van der Waals surface area contributed by atoms with Crippen molar-refractivity contribution in [2.75, 3.05) is 0 Å². The molecule has 29 heavy (non-hydrogen) atoms. The number of allylic oxidation sites excluding steroid dienone is 3. The van der Waals surface area contributed by atoms with Crippen molar-refractivity contribution in [2.45, 2.75) is 5.92 Å². The summed E-state index contributed by atoms with van der Waals surface area (Å²) < 4.78 is 5.53. The summed E-state index contributed by atoms with van der Waals surface area (Å²) in [5.74, 6) is -1.87. The van der Waals surface area contributed by atoms with Crippen molar-refractivity contribution in [2.24, 2.45) is 5.73 Å². The molecule has 6 nitrogen and oxygen atoms in total. The van der Waals surface area contributed by atoms with Crippen molar-refractivity contribution < 1.29 is 14.3 Å². The Bertz CT molecular complexity index is 1340. The van der Waals surface area contributed by atoms with Gasteiger partial charge in [0, 0.05) is 22.7 Å². The van der Waals surface area contributed by atoms with Crippen LogP contribution in [-0.2, 0) is 4.74 Å². The lowest BCUT2D eigenvalue weighted by Gasteiger charge is -2.31. The lowest BCUT2D eigenvalue weighted by Crippen LogP contribution is -2.32. The number of ether oxygens (including phenoxy) is 1. The largest absolute Gasteiger partial charge is 0.436 e. The number of ketones is 2. The minimum atomic E-state index is -0.818. The number of nitrogens with two attached hydrogens (primary N) is 1. The van der Waals surface area contributed by atoms with Crippen molar-refractivity contribution in [3.8, 4) is 6.07 Å². The molecule has 1 aliphatic carbocycles. The first kappa shape index (κ1) is 16.9. The second-order valence-electron chi connectivity index (χ2n) is 6.79. The molecule has 2 aromatic carbocycles. The van der Waals surface area contributed by atoms with Gasteiger partial charge in [-0.15, -0.1) is 0 Å². The Labute approximate surface area is 165 Å². The molecule has 1 unspecified atom stereocenters. The number of hydrogen-bond donors (Lipinski definition) is 1. The van der Waals surface area contributed by atoms with E-state index in [0.717, 1.165) is 5.39 Å². The van der Waals surface area contributed by atoms with Gasteiger partial charge in [0.05, 0.1) is 17.0 Å². The third-order valence-electron chi connectivity index (χ3n) is 5.28. The van der Waals surface area contributed by atoms with Gasteiger partial charge in [-0.05, 0) is 17.7 Å². The van der Waals surface area contributed by atoms with E-state index in [9.17, 15) is 14.9 Å². The van der Waals surface area contributed by atoms with E-state index >= 15 is 0 Å². The number of Topliss-reactive ketones (excluding diaryl/α,β-unsaturated/α-hetero) is 2. The minimum Gasteiger partial charge on any atom is -0.436 e. The highest BCUT2D eigenvalue weighted by molar-refractivity contribution is 6.27. The maximum Gasteiger partial charge on any atom is 0.229 e. The zero-order valence-electron chi connectivity index (χ0n) is 15.0. The molecule has 2 N–H and O–H groups in total. The molecule has 0 spiro atoms. The summed E-state index contributed by atoms with van der Waals surface area (Å²) in [7, 11) is 0. The van der Waals surface area contributed by atoms with E-state index in [2.05, 4.69) is 11.1 Å². The second kappa shape index (κ2) is 6.14. The predicted octanol–water partition coefficient (Wildman–Crippen LogP) is 3.38. The normalized spacial score (nSPS) is 18.2. The van der Waals surface area contributed by atoms with Crippen LogP contribution in [0.5, 0.6) is 0 Å². The average molecular weight is 379 g/mol. The predicted molar refractivity (Wildman–Crippen MR) is 105 cm³/mol. The first-order chi connectivity index (χ1) is 14.1. The van der Waals surface area contributed by atoms with E-state index in [1.807, 2.05) is 24.3 Å². The number of para-hydroxylation sites is 1. The molecule has 0 fully saturated rings. The molecule has 0 amide bonds. The van der Waals surface area contributed by atoms with Gasteiger partial charge in [0.15, 0.2) is 11.5 Å². The van der Waals surface area contributed by atoms with Crippen LogP contribution in [-0.4, -0.2) is 16.6 Å². The van der Waals surface area contributed by atoms with Gasteiger partial charge in [0.25, 0.3) is 0 Å². The Kier molecular flexibility index (Phi) is 3.58. The van der Waals surface area contributed by atoms with Crippen LogP contribution >= 0.6 is 0 Å². The molecule has 0 saturated heterocycles. The molecule has 2 heterocycles. The lowest BCUT2D eigenvalue weighted by molar-refractivity contribution is 0.0897. The van der Waals surface area contributed by atoms with Gasteiger partial charge in [-0.25, -0.2) is 0 Å². The number of rotatable bonds is 1. The number of pyridine rings is 1. The first-order valence-corrected chi connectivity index (χ1v) is 8.95. The zero-order valence-corrected chi connectivity index (χ0v) is 15.0. The fraction of sp³-hybridized carbons (Fsp3) is 0.0435. The topological polar surface area (TPSA) is 106 Å². The van der Waals surface area contributed by atoms with Crippen molar-refractivity contribution in [3.63, 3.8) is 0 Å². The molecular formula is C23H13N3O3. The number of aromatic nitrogens is 1. The molecule has 3 aromatic rings. The molecule has 2 aliphatic rings. The molecule has 0 saturated carbocycles. The molecule has 6 heteroatoms. The van der Waals surface area contributed by atoms with E-state index in [1.165, 1.54) is 0 Å². The Morgan fingerprint density at radius 1 is 0.966 bits per heavy atom. The van der Waals surface area contributed by atoms with Crippen molar-refractivity contribution in [3.05, 3.63) is 100 Å².